The summed E-state index contributed by atoms with van der Waals surface area (Å²) in [4.78, 5) is 35.5. The van der Waals surface area contributed by atoms with Gasteiger partial charge in [-0.3, -0.25) is 10.1 Å². The Morgan fingerprint density at radius 2 is 1.92 bits per heavy atom. The molecular weight excluding hydrogens is 340 g/mol. The minimum atomic E-state index is -0.937. The number of aromatic hydroxyl groups is 2. The topological polar surface area (TPSA) is 125 Å². The van der Waals surface area contributed by atoms with Crippen LogP contribution in [0.3, 0.4) is 0 Å². The first-order valence-corrected chi connectivity index (χ1v) is 8.57. The Bertz CT molecular complexity index is 690. The van der Waals surface area contributed by atoms with Crippen molar-refractivity contribution in [3.8, 4) is 11.5 Å². The van der Waals surface area contributed by atoms with Crippen molar-refractivity contribution in [2.75, 3.05) is 6.61 Å². The van der Waals surface area contributed by atoms with Crippen molar-refractivity contribution in [2.24, 2.45) is 11.8 Å². The standard InChI is InChI=1S/C18H24N2O6/c1-10-4-3-5-14(11(10)2)19-18(25)20-16(23)9-26-17(24)13-7-6-12(21)8-15(13)22/h6-8,10-11,14,21-22H,3-5,9H2,1-2H3,(H2,19,20,23,25)/t10-,11+,14-/m0/s1. The quantitative estimate of drug-likeness (QED) is 0.605. The molecular formula is C18H24N2O6. The molecule has 8 heteroatoms. The molecule has 0 unspecified atom stereocenters. The molecule has 0 aromatic heterocycles. The summed E-state index contributed by atoms with van der Waals surface area (Å²) in [5.41, 5.74) is -0.190. The van der Waals surface area contributed by atoms with Crippen molar-refractivity contribution in [3.05, 3.63) is 23.8 Å². The van der Waals surface area contributed by atoms with Gasteiger partial charge >= 0.3 is 12.0 Å². The monoisotopic (exact) mass is 364 g/mol. The second kappa shape index (κ2) is 8.55. The number of urea groups is 1. The Morgan fingerprint density at radius 1 is 1.19 bits per heavy atom. The van der Waals surface area contributed by atoms with Crippen LogP contribution in [0.5, 0.6) is 11.5 Å². The van der Waals surface area contributed by atoms with Crippen molar-refractivity contribution in [1.82, 2.24) is 10.6 Å². The van der Waals surface area contributed by atoms with Crippen LogP contribution in [-0.4, -0.2) is 40.8 Å². The average Bonchev–Trinajstić information content (AvgIpc) is 2.57. The van der Waals surface area contributed by atoms with Crippen molar-refractivity contribution < 1.29 is 29.3 Å². The van der Waals surface area contributed by atoms with Crippen LogP contribution in [-0.2, 0) is 9.53 Å². The van der Waals surface area contributed by atoms with Gasteiger partial charge in [-0.1, -0.05) is 26.7 Å². The zero-order valence-corrected chi connectivity index (χ0v) is 14.8. The lowest BCUT2D eigenvalue weighted by atomic mass is 9.78. The van der Waals surface area contributed by atoms with Crippen molar-refractivity contribution in [2.45, 2.75) is 39.2 Å². The van der Waals surface area contributed by atoms with E-state index < -0.39 is 30.3 Å². The van der Waals surface area contributed by atoms with Gasteiger partial charge in [0.2, 0.25) is 0 Å². The van der Waals surface area contributed by atoms with Gasteiger partial charge in [0.1, 0.15) is 17.1 Å². The van der Waals surface area contributed by atoms with Gasteiger partial charge in [-0.25, -0.2) is 9.59 Å². The number of rotatable bonds is 4. The van der Waals surface area contributed by atoms with Crippen LogP contribution in [0.1, 0.15) is 43.5 Å². The first-order chi connectivity index (χ1) is 12.3. The van der Waals surface area contributed by atoms with E-state index >= 15 is 0 Å². The highest BCUT2D eigenvalue weighted by atomic mass is 16.5. The van der Waals surface area contributed by atoms with Gasteiger partial charge in [0, 0.05) is 12.1 Å². The number of nitrogens with one attached hydrogen (secondary N) is 2. The molecule has 0 spiro atoms. The molecule has 0 bridgehead atoms. The Labute approximate surface area is 151 Å². The fraction of sp³-hybridized carbons (Fsp3) is 0.500. The molecule has 3 amide bonds. The molecule has 3 atom stereocenters. The minimum absolute atomic E-state index is 0.00282. The Kier molecular flexibility index (Phi) is 6.43. The molecule has 1 aliphatic carbocycles. The predicted molar refractivity (Wildman–Crippen MR) is 92.7 cm³/mol. The minimum Gasteiger partial charge on any atom is -0.508 e. The van der Waals surface area contributed by atoms with Gasteiger partial charge in [-0.15, -0.1) is 0 Å². The number of phenols is 2. The number of benzene rings is 1. The molecule has 142 valence electrons. The molecule has 1 fully saturated rings. The van der Waals surface area contributed by atoms with E-state index in [2.05, 4.69) is 24.5 Å². The molecule has 1 saturated carbocycles. The number of carbonyl (C=O) groups excluding carboxylic acids is 3. The highest BCUT2D eigenvalue weighted by Crippen LogP contribution is 2.29. The molecule has 0 heterocycles. The summed E-state index contributed by atoms with van der Waals surface area (Å²) in [5, 5.41) is 23.7. The zero-order valence-electron chi connectivity index (χ0n) is 14.8. The van der Waals surface area contributed by atoms with Gasteiger partial charge in [0.05, 0.1) is 0 Å². The maximum absolute atomic E-state index is 11.9. The molecule has 26 heavy (non-hydrogen) atoms. The average molecular weight is 364 g/mol. The van der Waals surface area contributed by atoms with Crippen LogP contribution in [0.15, 0.2) is 18.2 Å². The summed E-state index contributed by atoms with van der Waals surface area (Å²) in [6, 6.07) is 2.74. The summed E-state index contributed by atoms with van der Waals surface area (Å²) < 4.78 is 4.77. The fourth-order valence-corrected chi connectivity index (χ4v) is 3.05. The maximum Gasteiger partial charge on any atom is 0.342 e. The van der Waals surface area contributed by atoms with E-state index in [1.165, 1.54) is 12.1 Å². The van der Waals surface area contributed by atoms with Crippen LogP contribution < -0.4 is 10.6 Å². The van der Waals surface area contributed by atoms with Crippen molar-refractivity contribution in [1.29, 1.82) is 0 Å². The second-order valence-electron chi connectivity index (χ2n) is 6.67. The Balaban J connectivity index is 1.79. The van der Waals surface area contributed by atoms with E-state index in [9.17, 15) is 24.6 Å². The highest BCUT2D eigenvalue weighted by Gasteiger charge is 2.28. The van der Waals surface area contributed by atoms with E-state index in [-0.39, 0.29) is 17.4 Å². The Morgan fingerprint density at radius 3 is 2.62 bits per heavy atom. The predicted octanol–water partition coefficient (Wildman–Crippen LogP) is 1.91. The van der Waals surface area contributed by atoms with Crippen LogP contribution in [0.25, 0.3) is 0 Å². The number of imide groups is 1. The van der Waals surface area contributed by atoms with E-state index in [0.717, 1.165) is 25.3 Å². The maximum atomic E-state index is 11.9. The van der Waals surface area contributed by atoms with E-state index in [1.807, 2.05) is 0 Å². The largest absolute Gasteiger partial charge is 0.508 e. The second-order valence-corrected chi connectivity index (χ2v) is 6.67. The third kappa shape index (κ3) is 5.11. The smallest absolute Gasteiger partial charge is 0.342 e. The molecule has 8 nitrogen and oxygen atoms in total. The third-order valence-corrected chi connectivity index (χ3v) is 4.81. The molecule has 1 aromatic carbocycles. The van der Waals surface area contributed by atoms with Crippen LogP contribution in [0, 0.1) is 11.8 Å². The van der Waals surface area contributed by atoms with Gasteiger partial charge in [0.25, 0.3) is 5.91 Å². The molecule has 1 aliphatic rings. The van der Waals surface area contributed by atoms with Gasteiger partial charge in [0.15, 0.2) is 6.61 Å². The summed E-state index contributed by atoms with van der Waals surface area (Å²) in [5.74, 6) is -1.56. The van der Waals surface area contributed by atoms with Crippen molar-refractivity contribution in [3.63, 3.8) is 0 Å². The summed E-state index contributed by atoms with van der Waals surface area (Å²) in [7, 11) is 0. The lowest BCUT2D eigenvalue weighted by Gasteiger charge is -2.34. The zero-order chi connectivity index (χ0) is 19.3. The van der Waals surface area contributed by atoms with E-state index in [0.29, 0.717) is 11.8 Å². The summed E-state index contributed by atoms with van der Waals surface area (Å²) in [6.45, 7) is 3.55. The number of amides is 3. The molecule has 0 saturated heterocycles. The Hall–Kier alpha value is -2.77. The van der Waals surface area contributed by atoms with Crippen LogP contribution in [0.4, 0.5) is 4.79 Å². The lowest BCUT2D eigenvalue weighted by molar-refractivity contribution is -0.123. The number of hydrogen-bond donors (Lipinski definition) is 4. The van der Waals surface area contributed by atoms with Crippen LogP contribution in [0.2, 0.25) is 0 Å². The number of carbonyl (C=O) groups is 3. The molecule has 2 rings (SSSR count). The number of esters is 1. The number of ether oxygens (including phenoxy) is 1. The van der Waals surface area contributed by atoms with E-state index in [4.69, 9.17) is 4.74 Å². The molecule has 0 radical (unpaired) electrons. The molecule has 0 aliphatic heterocycles. The van der Waals surface area contributed by atoms with E-state index in [1.54, 1.807) is 0 Å². The summed E-state index contributed by atoms with van der Waals surface area (Å²) >= 11 is 0. The molecule has 4 N–H and O–H groups in total. The van der Waals surface area contributed by atoms with Gasteiger partial charge < -0.3 is 20.3 Å². The fourth-order valence-electron chi connectivity index (χ4n) is 3.05. The third-order valence-electron chi connectivity index (χ3n) is 4.81. The van der Waals surface area contributed by atoms with Crippen molar-refractivity contribution >= 4 is 17.9 Å². The first-order valence-electron chi connectivity index (χ1n) is 8.57. The first kappa shape index (κ1) is 19.6. The SMILES string of the molecule is C[C@H]1[C@@H](NC(=O)NC(=O)COC(=O)c2ccc(O)cc2O)CCC[C@@H]1C. The summed E-state index contributed by atoms with van der Waals surface area (Å²) in [6.07, 6.45) is 3.01. The highest BCUT2D eigenvalue weighted by molar-refractivity contribution is 5.97. The van der Waals surface area contributed by atoms with Gasteiger partial charge in [-0.2, -0.15) is 0 Å². The number of hydrogen-bond acceptors (Lipinski definition) is 6. The van der Waals surface area contributed by atoms with Gasteiger partial charge in [-0.05, 0) is 30.4 Å². The lowest BCUT2D eigenvalue weighted by Crippen LogP contribution is -2.49. The molecule has 1 aromatic rings. The number of phenolic OH excluding ortho intramolecular Hbond substituents is 2. The normalized spacial score (nSPS) is 22.3. The van der Waals surface area contributed by atoms with Crippen LogP contribution >= 0.6 is 0 Å².